The van der Waals surface area contributed by atoms with Crippen molar-refractivity contribution in [3.8, 4) is 12.3 Å². The number of aliphatic hydroxyl groups is 1. The SMILES string of the molecule is C#CC1(OC[C@H](O)CN2CCN(c3cccc(C(F)(F)F)c3)CC2)CCCCC1. The number of piperazine rings is 1. The van der Waals surface area contributed by atoms with Crippen LogP contribution in [0.1, 0.15) is 37.7 Å². The Morgan fingerprint density at radius 2 is 1.83 bits per heavy atom. The predicted molar refractivity (Wildman–Crippen MR) is 107 cm³/mol. The first kappa shape index (κ1) is 21.9. The van der Waals surface area contributed by atoms with E-state index in [1.165, 1.54) is 18.6 Å². The Bertz CT molecular complexity index is 703. The van der Waals surface area contributed by atoms with Crippen LogP contribution >= 0.6 is 0 Å². The average Bonchev–Trinajstić information content (AvgIpc) is 2.73. The van der Waals surface area contributed by atoms with E-state index in [4.69, 9.17) is 11.2 Å². The van der Waals surface area contributed by atoms with E-state index in [1.807, 2.05) is 4.90 Å². The number of benzene rings is 1. The summed E-state index contributed by atoms with van der Waals surface area (Å²) >= 11 is 0. The van der Waals surface area contributed by atoms with Crippen LogP contribution in [0.2, 0.25) is 0 Å². The highest BCUT2D eigenvalue weighted by Crippen LogP contribution is 2.32. The number of hydrogen-bond donors (Lipinski definition) is 1. The monoisotopic (exact) mass is 410 g/mol. The second-order valence-electron chi connectivity index (χ2n) is 8.00. The summed E-state index contributed by atoms with van der Waals surface area (Å²) in [4.78, 5) is 4.06. The third kappa shape index (κ3) is 5.88. The number of hydrogen-bond acceptors (Lipinski definition) is 4. The zero-order valence-electron chi connectivity index (χ0n) is 16.6. The molecule has 1 aromatic carbocycles. The molecule has 1 N–H and O–H groups in total. The summed E-state index contributed by atoms with van der Waals surface area (Å²) in [5.74, 6) is 2.78. The van der Waals surface area contributed by atoms with Gasteiger partial charge in [-0.15, -0.1) is 6.42 Å². The van der Waals surface area contributed by atoms with Crippen molar-refractivity contribution in [2.24, 2.45) is 0 Å². The molecule has 1 atom stereocenters. The summed E-state index contributed by atoms with van der Waals surface area (Å²) < 4.78 is 44.7. The standard InChI is InChI=1S/C22H29F3N2O2/c1-2-21(9-4-3-5-10-21)29-17-20(28)16-26-11-13-27(14-12-26)19-8-6-7-18(15-19)22(23,24)25/h1,6-8,15,20,28H,3-5,9-14,16-17H2/t20-/m1/s1. The average molecular weight is 410 g/mol. The van der Waals surface area contributed by atoms with Gasteiger partial charge in [-0.25, -0.2) is 0 Å². The molecule has 2 aliphatic rings. The van der Waals surface area contributed by atoms with Gasteiger partial charge in [-0.3, -0.25) is 4.90 Å². The fraction of sp³-hybridized carbons (Fsp3) is 0.636. The van der Waals surface area contributed by atoms with Gasteiger partial charge < -0.3 is 14.7 Å². The van der Waals surface area contributed by atoms with Crippen molar-refractivity contribution in [1.82, 2.24) is 4.90 Å². The van der Waals surface area contributed by atoms with Gasteiger partial charge in [-0.05, 0) is 43.9 Å². The molecule has 0 aromatic heterocycles. The molecule has 1 saturated carbocycles. The van der Waals surface area contributed by atoms with Crippen molar-refractivity contribution in [2.75, 3.05) is 44.2 Å². The molecule has 0 amide bonds. The second-order valence-corrected chi connectivity index (χ2v) is 8.00. The summed E-state index contributed by atoms with van der Waals surface area (Å²) in [6, 6.07) is 5.43. The molecule has 2 fully saturated rings. The van der Waals surface area contributed by atoms with Crippen molar-refractivity contribution in [1.29, 1.82) is 0 Å². The Balaban J connectivity index is 1.45. The Labute approximate surface area is 170 Å². The number of nitrogens with zero attached hydrogens (tertiary/aromatic N) is 2. The minimum absolute atomic E-state index is 0.206. The number of terminal acetylenes is 1. The molecule has 0 bridgehead atoms. The van der Waals surface area contributed by atoms with Gasteiger partial charge >= 0.3 is 6.18 Å². The molecule has 3 rings (SSSR count). The number of rotatable bonds is 6. The van der Waals surface area contributed by atoms with Crippen molar-refractivity contribution in [3.63, 3.8) is 0 Å². The van der Waals surface area contributed by atoms with Gasteiger partial charge in [0.2, 0.25) is 0 Å². The lowest BCUT2D eigenvalue weighted by molar-refractivity contribution is -0.137. The zero-order valence-corrected chi connectivity index (χ0v) is 16.6. The Hall–Kier alpha value is -1.75. The first-order valence-electron chi connectivity index (χ1n) is 10.3. The van der Waals surface area contributed by atoms with Gasteiger partial charge in [0.1, 0.15) is 5.60 Å². The second kappa shape index (κ2) is 9.38. The minimum atomic E-state index is -4.34. The largest absolute Gasteiger partial charge is 0.416 e. The number of halogens is 3. The lowest BCUT2D eigenvalue weighted by Gasteiger charge is -2.38. The molecule has 0 unspecified atom stereocenters. The molecule has 1 saturated heterocycles. The Morgan fingerprint density at radius 3 is 2.45 bits per heavy atom. The number of anilines is 1. The maximum Gasteiger partial charge on any atom is 0.416 e. The van der Waals surface area contributed by atoms with E-state index in [0.29, 0.717) is 38.4 Å². The van der Waals surface area contributed by atoms with Crippen LogP contribution in [0.5, 0.6) is 0 Å². The van der Waals surface area contributed by atoms with E-state index in [0.717, 1.165) is 31.7 Å². The van der Waals surface area contributed by atoms with E-state index < -0.39 is 23.4 Å². The minimum Gasteiger partial charge on any atom is -0.389 e. The summed E-state index contributed by atoms with van der Waals surface area (Å²) in [5, 5.41) is 10.4. The first-order chi connectivity index (χ1) is 13.8. The van der Waals surface area contributed by atoms with Crippen LogP contribution in [0.3, 0.4) is 0 Å². The number of ether oxygens (including phenoxy) is 1. The van der Waals surface area contributed by atoms with Crippen molar-refractivity contribution >= 4 is 5.69 Å². The highest BCUT2D eigenvalue weighted by Gasteiger charge is 2.32. The van der Waals surface area contributed by atoms with E-state index in [9.17, 15) is 18.3 Å². The molecule has 4 nitrogen and oxygen atoms in total. The molecule has 1 aliphatic carbocycles. The lowest BCUT2D eigenvalue weighted by atomic mass is 9.85. The molecular weight excluding hydrogens is 381 g/mol. The fourth-order valence-corrected chi connectivity index (χ4v) is 4.13. The smallest absolute Gasteiger partial charge is 0.389 e. The maximum atomic E-state index is 12.9. The summed E-state index contributed by atoms with van der Waals surface area (Å²) in [6.07, 6.45) is 5.66. The Kier molecular flexibility index (Phi) is 7.10. The van der Waals surface area contributed by atoms with E-state index in [1.54, 1.807) is 6.07 Å². The molecular formula is C22H29F3N2O2. The third-order valence-electron chi connectivity index (χ3n) is 5.86. The molecule has 160 valence electrons. The van der Waals surface area contributed by atoms with Gasteiger partial charge in [-0.1, -0.05) is 18.4 Å². The summed E-state index contributed by atoms with van der Waals surface area (Å²) in [7, 11) is 0. The molecule has 29 heavy (non-hydrogen) atoms. The van der Waals surface area contributed by atoms with Gasteiger partial charge in [0.05, 0.1) is 18.3 Å². The zero-order chi connectivity index (χ0) is 20.9. The first-order valence-corrected chi connectivity index (χ1v) is 10.3. The van der Waals surface area contributed by atoms with Crippen LogP contribution in [0.15, 0.2) is 24.3 Å². The van der Waals surface area contributed by atoms with Gasteiger partial charge in [0, 0.05) is 38.4 Å². The number of β-amino-alcohol motifs (C(OH)–C–C–N with tert-alkyl or cyclic N) is 1. The topological polar surface area (TPSA) is 35.9 Å². The molecule has 0 radical (unpaired) electrons. The molecule has 0 spiro atoms. The normalized spacial score (nSPS) is 21.6. The Morgan fingerprint density at radius 1 is 1.14 bits per heavy atom. The van der Waals surface area contributed by atoms with Crippen LogP contribution < -0.4 is 4.90 Å². The highest BCUT2D eigenvalue weighted by molar-refractivity contribution is 5.49. The fourth-order valence-electron chi connectivity index (χ4n) is 4.13. The predicted octanol–water partition coefficient (Wildman–Crippen LogP) is 3.54. The molecule has 1 heterocycles. The van der Waals surface area contributed by atoms with Crippen LogP contribution in [-0.4, -0.2) is 61.0 Å². The van der Waals surface area contributed by atoms with Crippen LogP contribution in [-0.2, 0) is 10.9 Å². The number of alkyl halides is 3. The number of aliphatic hydroxyl groups excluding tert-OH is 1. The molecule has 7 heteroatoms. The van der Waals surface area contributed by atoms with Crippen LogP contribution in [0, 0.1) is 12.3 Å². The molecule has 1 aliphatic heterocycles. The van der Waals surface area contributed by atoms with Crippen LogP contribution in [0.4, 0.5) is 18.9 Å². The third-order valence-corrected chi connectivity index (χ3v) is 5.86. The van der Waals surface area contributed by atoms with Crippen molar-refractivity contribution < 1.29 is 23.0 Å². The summed E-state index contributed by atoms with van der Waals surface area (Å²) in [5.41, 5.74) is -0.590. The maximum absolute atomic E-state index is 12.9. The van der Waals surface area contributed by atoms with E-state index in [2.05, 4.69) is 10.8 Å². The molecule has 1 aromatic rings. The summed E-state index contributed by atoms with van der Waals surface area (Å²) in [6.45, 7) is 3.25. The quantitative estimate of drug-likeness (QED) is 0.728. The van der Waals surface area contributed by atoms with Gasteiger partial charge in [0.25, 0.3) is 0 Å². The van der Waals surface area contributed by atoms with E-state index in [-0.39, 0.29) is 6.61 Å². The van der Waals surface area contributed by atoms with Crippen LogP contribution in [0.25, 0.3) is 0 Å². The van der Waals surface area contributed by atoms with E-state index >= 15 is 0 Å². The van der Waals surface area contributed by atoms with Gasteiger partial charge in [0.15, 0.2) is 0 Å². The lowest BCUT2D eigenvalue weighted by Crippen LogP contribution is -2.49. The highest BCUT2D eigenvalue weighted by atomic mass is 19.4. The van der Waals surface area contributed by atoms with Crippen molar-refractivity contribution in [2.45, 2.75) is 50.0 Å². The van der Waals surface area contributed by atoms with Gasteiger partial charge in [-0.2, -0.15) is 13.2 Å². The van der Waals surface area contributed by atoms with Crippen molar-refractivity contribution in [3.05, 3.63) is 29.8 Å².